The first-order chi connectivity index (χ1) is 12.9. The summed E-state index contributed by atoms with van der Waals surface area (Å²) in [4.78, 5) is 0. The molecule has 0 aromatic carbocycles. The summed E-state index contributed by atoms with van der Waals surface area (Å²) in [7, 11) is 0. The number of unbranched alkanes of at least 4 members (excludes halogenated alkanes) is 21. The van der Waals surface area contributed by atoms with Gasteiger partial charge in [-0.3, -0.25) is 0 Å². The summed E-state index contributed by atoms with van der Waals surface area (Å²) in [6.07, 6.45) is 35.2. The summed E-state index contributed by atoms with van der Waals surface area (Å²) in [5.41, 5.74) is 0. The van der Waals surface area contributed by atoms with Crippen LogP contribution < -0.4 is 0 Å². The van der Waals surface area contributed by atoms with Gasteiger partial charge in [0.1, 0.15) is 0 Å². The number of halogens is 1. The highest BCUT2D eigenvalue weighted by atomic mass is 127. The Bertz CT molecular complexity index is 208. The van der Waals surface area contributed by atoms with Crippen LogP contribution in [-0.2, 0) is 0 Å². The van der Waals surface area contributed by atoms with Crippen molar-refractivity contribution in [3.63, 3.8) is 0 Å². The van der Waals surface area contributed by atoms with E-state index in [9.17, 15) is 0 Å². The van der Waals surface area contributed by atoms with Gasteiger partial charge in [-0.15, -0.1) is 0 Å². The first-order valence-electron chi connectivity index (χ1n) is 12.2. The third kappa shape index (κ3) is 25.2. The van der Waals surface area contributed by atoms with E-state index in [1.54, 1.807) is 0 Å². The van der Waals surface area contributed by atoms with E-state index >= 15 is 0 Å². The van der Waals surface area contributed by atoms with Crippen molar-refractivity contribution in [2.75, 3.05) is 6.16 Å². The molecule has 0 N–H and O–H groups in total. The molecule has 0 saturated heterocycles. The maximum absolute atomic E-state index is 2.52. The Kier molecular flexibility index (Phi) is 27.3. The van der Waals surface area contributed by atoms with E-state index in [0.717, 1.165) is 6.22 Å². The van der Waals surface area contributed by atoms with Crippen molar-refractivity contribution < 1.29 is 0 Å². The summed E-state index contributed by atoms with van der Waals surface area (Å²) in [6.45, 7) is 2.30. The highest BCUT2D eigenvalue weighted by Gasteiger charge is 1.95. The summed E-state index contributed by atoms with van der Waals surface area (Å²) in [5.74, 6) is 0. The predicted octanol–water partition coefficient (Wildman–Crippen LogP) is 10.6. The molecule has 0 aliphatic carbocycles. The van der Waals surface area contributed by atoms with Gasteiger partial charge in [0, 0.05) is 0 Å². The van der Waals surface area contributed by atoms with Gasteiger partial charge in [0.15, 0.2) is 0 Å². The van der Waals surface area contributed by atoms with Crippen LogP contribution in [0.1, 0.15) is 148 Å². The fourth-order valence-electron chi connectivity index (χ4n) is 3.80. The van der Waals surface area contributed by atoms with Gasteiger partial charge >= 0.3 is 0 Å². The lowest BCUT2D eigenvalue weighted by atomic mass is 10.0. The molecule has 0 rings (SSSR count). The molecule has 0 amide bonds. The lowest BCUT2D eigenvalue weighted by Gasteiger charge is -2.04. The Morgan fingerprint density at radius 3 is 0.846 bits per heavy atom. The minimum Gasteiger partial charge on any atom is -0.0654 e. The minimum absolute atomic E-state index is 1.14. The molecule has 0 saturated carbocycles. The summed E-state index contributed by atoms with van der Waals surface area (Å²) in [6, 6.07) is 0. The Morgan fingerprint density at radius 2 is 0.615 bits per heavy atom. The molecule has 0 fully saturated rings. The van der Waals surface area contributed by atoms with Crippen LogP contribution in [0.5, 0.6) is 0 Å². The number of rotatable bonds is 23. The van der Waals surface area contributed by atoms with Crippen LogP contribution in [0.15, 0.2) is 0 Å². The van der Waals surface area contributed by atoms with E-state index in [-0.39, 0.29) is 0 Å². The molecule has 0 aliphatic rings. The second kappa shape index (κ2) is 26.2. The molecule has 0 aliphatic heterocycles. The van der Waals surface area contributed by atoms with Crippen LogP contribution >= 0.6 is 28.3 Å². The van der Waals surface area contributed by atoms with Crippen molar-refractivity contribution >= 4 is 28.3 Å². The average Bonchev–Trinajstić information content (AvgIpc) is 2.66. The molecule has 0 aromatic rings. The molecule has 0 nitrogen and oxygen atoms in total. The molecule has 0 heterocycles. The van der Waals surface area contributed by atoms with Crippen molar-refractivity contribution in [1.82, 2.24) is 0 Å². The van der Waals surface area contributed by atoms with E-state index in [1.807, 2.05) is 0 Å². The predicted molar refractivity (Wildman–Crippen MR) is 134 cm³/mol. The largest absolute Gasteiger partial charge is 0.0654 e. The lowest BCUT2D eigenvalue weighted by Crippen LogP contribution is -1.84. The quantitative estimate of drug-likeness (QED) is 0.0750. The van der Waals surface area contributed by atoms with Gasteiger partial charge < -0.3 is 0 Å². The summed E-state index contributed by atoms with van der Waals surface area (Å²) >= 11 is 2.52. The van der Waals surface area contributed by atoms with Gasteiger partial charge in [-0.05, 0) is 12.6 Å². The first kappa shape index (κ1) is 27.2. The monoisotopic (exact) mass is 496 g/mol. The molecule has 1 atom stereocenters. The van der Waals surface area contributed by atoms with Gasteiger partial charge in [0.25, 0.3) is 0 Å². The van der Waals surface area contributed by atoms with Gasteiger partial charge in [0.05, 0.1) is 0 Å². The maximum Gasteiger partial charge on any atom is -0.0263 e. The lowest BCUT2D eigenvalue weighted by molar-refractivity contribution is 0.520. The van der Waals surface area contributed by atoms with Crippen molar-refractivity contribution in [3.8, 4) is 0 Å². The van der Waals surface area contributed by atoms with E-state index in [1.165, 1.54) is 147 Å². The van der Waals surface area contributed by atoms with Crippen LogP contribution in [0, 0.1) is 0 Å². The molecule has 1 unspecified atom stereocenters. The average molecular weight is 497 g/mol. The van der Waals surface area contributed by atoms with Crippen LogP contribution in [0.3, 0.4) is 0 Å². The standard InChI is InChI=1S/C24H50IP/c1-2-3-4-5-6-7-8-9-10-11-12-13-14-15-16-17-18-19-20-21-22-23-24-26-25/h26H,2-24H2,1H3. The second-order valence-electron chi connectivity index (χ2n) is 8.31. The molecule has 158 valence electrons. The summed E-state index contributed by atoms with van der Waals surface area (Å²) < 4.78 is 0. The number of hydrogen-bond acceptors (Lipinski definition) is 0. The van der Waals surface area contributed by atoms with E-state index in [2.05, 4.69) is 29.0 Å². The molecule has 0 bridgehead atoms. The maximum atomic E-state index is 2.52. The third-order valence-corrected chi connectivity index (χ3v) is 7.79. The second-order valence-corrected chi connectivity index (χ2v) is 11.4. The van der Waals surface area contributed by atoms with Gasteiger partial charge in [-0.2, -0.15) is 0 Å². The third-order valence-electron chi connectivity index (χ3n) is 5.62. The fraction of sp³-hybridized carbons (Fsp3) is 1.00. The Hall–Kier alpha value is 1.16. The SMILES string of the molecule is CCCCCCCCCCCCCCCCCCCCCCCCPI. The topological polar surface area (TPSA) is 0 Å². The van der Waals surface area contributed by atoms with Crippen LogP contribution in [0.2, 0.25) is 0 Å². The van der Waals surface area contributed by atoms with Crippen molar-refractivity contribution in [1.29, 1.82) is 0 Å². The minimum atomic E-state index is 1.14. The normalized spacial score (nSPS) is 11.8. The molecule has 0 spiro atoms. The molecule has 0 aromatic heterocycles. The zero-order valence-electron chi connectivity index (χ0n) is 18.1. The first-order valence-corrected chi connectivity index (χ1v) is 16.6. The van der Waals surface area contributed by atoms with Crippen LogP contribution in [0.4, 0.5) is 0 Å². The van der Waals surface area contributed by atoms with E-state index < -0.39 is 0 Å². The molecule has 0 radical (unpaired) electrons. The van der Waals surface area contributed by atoms with Crippen molar-refractivity contribution in [2.24, 2.45) is 0 Å². The Morgan fingerprint density at radius 1 is 0.385 bits per heavy atom. The highest BCUT2D eigenvalue weighted by Crippen LogP contribution is 2.22. The molecular formula is C24H50IP. The van der Waals surface area contributed by atoms with E-state index in [0.29, 0.717) is 0 Å². The smallest absolute Gasteiger partial charge is 0.0263 e. The zero-order chi connectivity index (χ0) is 19.0. The molecule has 2 heteroatoms. The Labute approximate surface area is 182 Å². The fourth-order valence-corrected chi connectivity index (χ4v) is 5.33. The highest BCUT2D eigenvalue weighted by molar-refractivity contribution is 14.2. The van der Waals surface area contributed by atoms with Crippen LogP contribution in [0.25, 0.3) is 0 Å². The summed E-state index contributed by atoms with van der Waals surface area (Å²) in [5, 5.41) is 0. The zero-order valence-corrected chi connectivity index (χ0v) is 21.3. The molecular weight excluding hydrogens is 446 g/mol. The van der Waals surface area contributed by atoms with Crippen molar-refractivity contribution in [2.45, 2.75) is 148 Å². The van der Waals surface area contributed by atoms with Crippen LogP contribution in [-0.4, -0.2) is 6.16 Å². The number of hydrogen-bond donors (Lipinski definition) is 0. The molecule has 26 heavy (non-hydrogen) atoms. The van der Waals surface area contributed by atoms with Crippen molar-refractivity contribution in [3.05, 3.63) is 0 Å². The van der Waals surface area contributed by atoms with Gasteiger partial charge in [0.2, 0.25) is 0 Å². The van der Waals surface area contributed by atoms with Gasteiger partial charge in [-0.25, -0.2) is 0 Å². The van der Waals surface area contributed by atoms with E-state index in [4.69, 9.17) is 0 Å². The Balaban J connectivity index is 2.95. The van der Waals surface area contributed by atoms with Gasteiger partial charge in [-0.1, -0.05) is 170 Å².